The van der Waals surface area contributed by atoms with Crippen molar-refractivity contribution in [1.29, 1.82) is 0 Å². The van der Waals surface area contributed by atoms with Crippen molar-refractivity contribution in [3.8, 4) is 0 Å². The Morgan fingerprint density at radius 1 is 1.25 bits per heavy atom. The molecule has 1 aromatic carbocycles. The van der Waals surface area contributed by atoms with Gasteiger partial charge in [0.25, 0.3) is 0 Å². The Bertz CT molecular complexity index is 613. The second kappa shape index (κ2) is 6.15. The van der Waals surface area contributed by atoms with Crippen LogP contribution in [0.5, 0.6) is 0 Å². The van der Waals surface area contributed by atoms with Gasteiger partial charge in [0, 0.05) is 4.57 Å². The van der Waals surface area contributed by atoms with Gasteiger partial charge < -0.3 is 0 Å². The van der Waals surface area contributed by atoms with Crippen LogP contribution in [0.2, 0.25) is 0 Å². The molecule has 0 aliphatic rings. The maximum atomic E-state index is 12.8. The first kappa shape index (κ1) is 17.0. The van der Waals surface area contributed by atoms with Crippen LogP contribution >= 0.6 is 8.25 Å². The van der Waals surface area contributed by atoms with Gasteiger partial charge >= 0.3 is 24.5 Å². The molecule has 0 aliphatic heterocycles. The molecule has 1 rings (SSSR count). The summed E-state index contributed by atoms with van der Waals surface area (Å²) in [5.41, 5.74) is -1.61. The lowest BCUT2D eigenvalue weighted by molar-refractivity contribution is -0.140. The molecular formula is C9H9F3O6PS+. The van der Waals surface area contributed by atoms with Crippen molar-refractivity contribution in [2.24, 2.45) is 0 Å². The van der Waals surface area contributed by atoms with Gasteiger partial charge in [0.15, 0.2) is 0 Å². The summed E-state index contributed by atoms with van der Waals surface area (Å²) in [7, 11) is -6.89. The van der Waals surface area contributed by atoms with E-state index in [1.54, 1.807) is 0 Å². The molecule has 0 aromatic heterocycles. The standard InChI is InChI=1S/C9H9F3O6PS/c1-6-4-3-5-7(9(10,11)12)8(6)20(14,15)18-17-19(13)16-2/h3-5H,1-2H3/q+1. The average Bonchev–Trinajstić information content (AvgIpc) is 2.34. The summed E-state index contributed by atoms with van der Waals surface area (Å²) in [6.07, 6.45) is -4.90. The fraction of sp³-hybridized carbons (Fsp3) is 0.333. The molecule has 0 heterocycles. The van der Waals surface area contributed by atoms with E-state index < -0.39 is 35.0 Å². The number of aryl methyl sites for hydroxylation is 1. The molecule has 0 bridgehead atoms. The first-order valence-corrected chi connectivity index (χ1v) is 7.39. The van der Waals surface area contributed by atoms with Crippen LogP contribution in [0.25, 0.3) is 0 Å². The molecular weight excluding hydrogens is 324 g/mol. The van der Waals surface area contributed by atoms with Crippen molar-refractivity contribution in [1.82, 2.24) is 0 Å². The molecule has 0 saturated carbocycles. The molecule has 0 aliphatic carbocycles. The molecule has 1 atom stereocenters. The van der Waals surface area contributed by atoms with Gasteiger partial charge in [-0.15, -0.1) is 4.52 Å². The number of alkyl halides is 3. The fourth-order valence-electron chi connectivity index (χ4n) is 1.34. The molecule has 11 heteroatoms. The predicted octanol–water partition coefficient (Wildman–Crippen LogP) is 2.95. The summed E-state index contributed by atoms with van der Waals surface area (Å²) in [6.45, 7) is 1.15. The van der Waals surface area contributed by atoms with Crippen LogP contribution in [0.4, 0.5) is 13.2 Å². The van der Waals surface area contributed by atoms with Crippen LogP contribution in [-0.2, 0) is 34.4 Å². The van der Waals surface area contributed by atoms with Crippen LogP contribution in [0.3, 0.4) is 0 Å². The first-order chi connectivity index (χ1) is 9.09. The number of benzene rings is 1. The average molecular weight is 333 g/mol. The zero-order valence-corrected chi connectivity index (χ0v) is 11.9. The van der Waals surface area contributed by atoms with E-state index >= 15 is 0 Å². The minimum absolute atomic E-state index is 0.198. The maximum Gasteiger partial charge on any atom is 0.729 e. The Hall–Kier alpha value is -1.06. The SMILES string of the molecule is CO[P+](=O)OOS(=O)(=O)c1c(C)cccc1C(F)(F)F. The summed E-state index contributed by atoms with van der Waals surface area (Å²) < 4.78 is 84.3. The number of hydrogen-bond acceptors (Lipinski definition) is 6. The summed E-state index contributed by atoms with van der Waals surface area (Å²) in [4.78, 5) is -1.10. The Labute approximate surface area is 113 Å². The quantitative estimate of drug-likeness (QED) is 0.468. The van der Waals surface area contributed by atoms with Crippen LogP contribution < -0.4 is 0 Å². The lowest BCUT2D eigenvalue weighted by Crippen LogP contribution is -2.16. The minimum Gasteiger partial charge on any atom is -0.191 e. The molecule has 0 spiro atoms. The molecule has 0 radical (unpaired) electrons. The van der Waals surface area contributed by atoms with Gasteiger partial charge in [0.2, 0.25) is 0 Å². The smallest absolute Gasteiger partial charge is 0.191 e. The molecule has 0 saturated heterocycles. The van der Waals surface area contributed by atoms with E-state index in [4.69, 9.17) is 0 Å². The second-order valence-corrected chi connectivity index (χ2v) is 5.87. The highest BCUT2D eigenvalue weighted by molar-refractivity contribution is 7.86. The van der Waals surface area contributed by atoms with Crippen molar-refractivity contribution in [2.75, 3.05) is 7.11 Å². The highest BCUT2D eigenvalue weighted by Gasteiger charge is 2.40. The predicted molar refractivity (Wildman–Crippen MR) is 60.2 cm³/mol. The number of rotatable bonds is 5. The number of halogens is 3. The largest absolute Gasteiger partial charge is 0.729 e. The van der Waals surface area contributed by atoms with E-state index in [0.717, 1.165) is 26.2 Å². The third kappa shape index (κ3) is 3.97. The van der Waals surface area contributed by atoms with Gasteiger partial charge in [-0.2, -0.15) is 21.6 Å². The molecule has 0 N–H and O–H groups in total. The zero-order chi connectivity index (χ0) is 15.6. The normalized spacial score (nSPS) is 13.3. The lowest BCUT2D eigenvalue weighted by Gasteiger charge is -2.13. The fourth-order valence-corrected chi connectivity index (χ4v) is 2.90. The van der Waals surface area contributed by atoms with E-state index in [9.17, 15) is 26.2 Å². The summed E-state index contributed by atoms with van der Waals surface area (Å²) in [5, 5.41) is 0. The third-order valence-corrected chi connectivity index (χ3v) is 3.98. The van der Waals surface area contributed by atoms with E-state index in [1.165, 1.54) is 0 Å². The molecule has 1 unspecified atom stereocenters. The lowest BCUT2D eigenvalue weighted by atomic mass is 10.1. The van der Waals surface area contributed by atoms with Crippen LogP contribution in [0.15, 0.2) is 23.1 Å². The van der Waals surface area contributed by atoms with Crippen molar-refractivity contribution in [3.05, 3.63) is 29.3 Å². The minimum atomic E-state index is -4.92. The van der Waals surface area contributed by atoms with Crippen LogP contribution in [-0.4, -0.2) is 15.5 Å². The Kier molecular flexibility index (Phi) is 5.22. The van der Waals surface area contributed by atoms with Crippen molar-refractivity contribution in [2.45, 2.75) is 18.0 Å². The van der Waals surface area contributed by atoms with Crippen molar-refractivity contribution in [3.63, 3.8) is 0 Å². The highest BCUT2D eigenvalue weighted by atomic mass is 32.2. The topological polar surface area (TPSA) is 78.9 Å². The van der Waals surface area contributed by atoms with E-state index in [2.05, 4.69) is 13.5 Å². The van der Waals surface area contributed by atoms with Gasteiger partial charge in [0.05, 0.1) is 17.3 Å². The maximum absolute atomic E-state index is 12.8. The van der Waals surface area contributed by atoms with E-state index in [1.807, 2.05) is 0 Å². The monoisotopic (exact) mass is 333 g/mol. The van der Waals surface area contributed by atoms with Crippen LogP contribution in [0, 0.1) is 6.92 Å². The molecule has 1 aromatic rings. The summed E-state index contributed by atoms with van der Waals surface area (Å²) >= 11 is 0. The van der Waals surface area contributed by atoms with Crippen molar-refractivity contribution < 1.29 is 39.7 Å². The Balaban J connectivity index is 3.28. The third-order valence-electron chi connectivity index (χ3n) is 2.10. The molecule has 6 nitrogen and oxygen atoms in total. The van der Waals surface area contributed by atoms with E-state index in [-0.39, 0.29) is 5.56 Å². The molecule has 112 valence electrons. The second-order valence-electron chi connectivity index (χ2n) is 3.45. The Morgan fingerprint density at radius 2 is 1.85 bits per heavy atom. The van der Waals surface area contributed by atoms with Crippen LogP contribution in [0.1, 0.15) is 11.1 Å². The molecule has 0 fully saturated rings. The first-order valence-electron chi connectivity index (χ1n) is 4.89. The van der Waals surface area contributed by atoms with Crippen molar-refractivity contribution >= 4 is 18.4 Å². The van der Waals surface area contributed by atoms with Gasteiger partial charge in [-0.05, 0) is 18.6 Å². The molecule has 20 heavy (non-hydrogen) atoms. The summed E-state index contributed by atoms with van der Waals surface area (Å²) in [5.74, 6) is 0. The van der Waals surface area contributed by atoms with Gasteiger partial charge in [0.1, 0.15) is 4.90 Å². The van der Waals surface area contributed by atoms with Gasteiger partial charge in [-0.3, -0.25) is 0 Å². The van der Waals surface area contributed by atoms with E-state index in [0.29, 0.717) is 6.07 Å². The number of hydrogen-bond donors (Lipinski definition) is 0. The molecule has 0 amide bonds. The zero-order valence-electron chi connectivity index (χ0n) is 10.2. The van der Waals surface area contributed by atoms with Gasteiger partial charge in [-0.25, -0.2) is 0 Å². The van der Waals surface area contributed by atoms with Gasteiger partial charge in [-0.1, -0.05) is 16.5 Å². The summed E-state index contributed by atoms with van der Waals surface area (Å²) in [6, 6.07) is 2.79. The Morgan fingerprint density at radius 3 is 2.35 bits per heavy atom. The highest BCUT2D eigenvalue weighted by Crippen LogP contribution is 2.37.